The SMILES string of the molecule is Cc1cc(C(=O)N2CCC[C@@H]2CN2CCCC2)ccc1Nc1nccc(-c2cc(C(=O)O)cn2C)n1. The number of amides is 1. The van der Waals surface area contributed by atoms with Crippen molar-refractivity contribution in [2.24, 2.45) is 7.05 Å². The van der Waals surface area contributed by atoms with Crippen LogP contribution >= 0.6 is 0 Å². The number of likely N-dealkylation sites (tertiary alicyclic amines) is 2. The molecule has 0 unspecified atom stereocenters. The van der Waals surface area contributed by atoms with Gasteiger partial charge in [0.1, 0.15) is 0 Å². The minimum Gasteiger partial charge on any atom is -0.478 e. The number of nitrogens with zero attached hydrogens (tertiary/aromatic N) is 5. The van der Waals surface area contributed by atoms with Crippen molar-refractivity contribution in [3.8, 4) is 11.4 Å². The Bertz CT molecular complexity index is 1280. The second kappa shape index (κ2) is 10.1. The molecule has 0 aliphatic carbocycles. The summed E-state index contributed by atoms with van der Waals surface area (Å²) >= 11 is 0. The Morgan fingerprint density at radius 2 is 1.89 bits per heavy atom. The van der Waals surface area contributed by atoms with Gasteiger partial charge in [0.2, 0.25) is 5.95 Å². The number of anilines is 2. The van der Waals surface area contributed by atoms with Crippen LogP contribution in [0.15, 0.2) is 42.7 Å². The highest BCUT2D eigenvalue weighted by Crippen LogP contribution is 2.26. The summed E-state index contributed by atoms with van der Waals surface area (Å²) in [6.45, 7) is 6.05. The van der Waals surface area contributed by atoms with Crippen LogP contribution in [-0.2, 0) is 7.05 Å². The molecule has 1 atom stereocenters. The fraction of sp³-hybridized carbons (Fsp3) is 0.407. The van der Waals surface area contributed by atoms with Gasteiger partial charge in [-0.05, 0) is 81.6 Å². The van der Waals surface area contributed by atoms with Gasteiger partial charge in [-0.15, -0.1) is 0 Å². The quantitative estimate of drug-likeness (QED) is 0.519. The maximum Gasteiger partial charge on any atom is 0.337 e. The molecule has 5 rings (SSSR count). The van der Waals surface area contributed by atoms with E-state index in [-0.39, 0.29) is 11.5 Å². The monoisotopic (exact) mass is 488 g/mol. The number of hydrogen-bond donors (Lipinski definition) is 2. The molecule has 1 aromatic carbocycles. The Kier molecular flexibility index (Phi) is 6.73. The molecule has 0 saturated carbocycles. The van der Waals surface area contributed by atoms with Gasteiger partial charge in [0.05, 0.1) is 17.0 Å². The molecule has 188 valence electrons. The van der Waals surface area contributed by atoms with E-state index in [9.17, 15) is 14.7 Å². The van der Waals surface area contributed by atoms with Crippen molar-refractivity contribution in [1.29, 1.82) is 0 Å². The first-order chi connectivity index (χ1) is 17.4. The van der Waals surface area contributed by atoms with Crippen LogP contribution in [-0.4, -0.2) is 73.5 Å². The van der Waals surface area contributed by atoms with Gasteiger partial charge in [-0.25, -0.2) is 14.8 Å². The van der Waals surface area contributed by atoms with Crippen molar-refractivity contribution in [2.75, 3.05) is 31.5 Å². The Hall–Kier alpha value is -3.72. The van der Waals surface area contributed by atoms with E-state index in [1.807, 2.05) is 25.1 Å². The lowest BCUT2D eigenvalue weighted by Crippen LogP contribution is -2.42. The fourth-order valence-corrected chi connectivity index (χ4v) is 5.28. The number of hydrogen-bond acceptors (Lipinski definition) is 6. The van der Waals surface area contributed by atoms with E-state index < -0.39 is 5.97 Å². The number of carbonyl (C=O) groups is 2. The molecule has 1 amide bonds. The van der Waals surface area contributed by atoms with Crippen molar-refractivity contribution >= 4 is 23.5 Å². The molecular weight excluding hydrogens is 456 g/mol. The van der Waals surface area contributed by atoms with Crippen molar-refractivity contribution < 1.29 is 14.7 Å². The van der Waals surface area contributed by atoms with E-state index >= 15 is 0 Å². The molecule has 2 N–H and O–H groups in total. The van der Waals surface area contributed by atoms with Crippen LogP contribution in [0.4, 0.5) is 11.6 Å². The van der Waals surface area contributed by atoms with Gasteiger partial charge in [-0.3, -0.25) is 4.79 Å². The van der Waals surface area contributed by atoms with Crippen LogP contribution in [0.1, 0.15) is 52.0 Å². The van der Waals surface area contributed by atoms with Gasteiger partial charge in [0, 0.05) is 49.8 Å². The standard InChI is InChI=1S/C27H32N6O3/c1-18-14-19(25(34)33-13-5-6-21(33)17-32-11-3-4-12-32)7-8-22(18)29-27-28-10-9-23(30-27)24-15-20(26(35)36)16-31(24)2/h7-10,14-16,21H,3-6,11-13,17H2,1-2H3,(H,35,36)(H,28,29,30)/t21-/m1/s1. The second-order valence-electron chi connectivity index (χ2n) is 9.75. The van der Waals surface area contributed by atoms with E-state index in [0.29, 0.717) is 28.9 Å². The Morgan fingerprint density at radius 1 is 1.08 bits per heavy atom. The number of carbonyl (C=O) groups excluding carboxylic acids is 1. The lowest BCUT2D eigenvalue weighted by atomic mass is 10.1. The van der Waals surface area contributed by atoms with Gasteiger partial charge >= 0.3 is 5.97 Å². The van der Waals surface area contributed by atoms with E-state index in [1.54, 1.807) is 36.1 Å². The largest absolute Gasteiger partial charge is 0.478 e. The highest BCUT2D eigenvalue weighted by Gasteiger charge is 2.31. The number of aromatic nitrogens is 3. The second-order valence-corrected chi connectivity index (χ2v) is 9.75. The van der Waals surface area contributed by atoms with Crippen LogP contribution < -0.4 is 5.32 Å². The molecule has 2 aliphatic heterocycles. The van der Waals surface area contributed by atoms with E-state index in [4.69, 9.17) is 0 Å². The number of carboxylic acids is 1. The zero-order valence-corrected chi connectivity index (χ0v) is 20.8. The van der Waals surface area contributed by atoms with Crippen LogP contribution in [0.5, 0.6) is 0 Å². The first kappa shape index (κ1) is 24.0. The molecule has 0 bridgehead atoms. The van der Waals surface area contributed by atoms with Gasteiger partial charge < -0.3 is 24.8 Å². The normalized spacial score (nSPS) is 18.1. The number of rotatable bonds is 7. The Morgan fingerprint density at radius 3 is 2.61 bits per heavy atom. The highest BCUT2D eigenvalue weighted by molar-refractivity contribution is 5.95. The van der Waals surface area contributed by atoms with Crippen molar-refractivity contribution in [3.63, 3.8) is 0 Å². The predicted octanol–water partition coefficient (Wildman–Crippen LogP) is 3.93. The van der Waals surface area contributed by atoms with E-state index in [2.05, 4.69) is 25.1 Å². The number of benzene rings is 1. The Balaban J connectivity index is 1.30. The van der Waals surface area contributed by atoms with Crippen molar-refractivity contribution in [3.05, 3.63) is 59.4 Å². The van der Waals surface area contributed by atoms with Crippen molar-refractivity contribution in [2.45, 2.75) is 38.6 Å². The molecule has 0 radical (unpaired) electrons. The van der Waals surface area contributed by atoms with Gasteiger partial charge in [0.25, 0.3) is 5.91 Å². The average Bonchev–Trinajstić information content (AvgIpc) is 3.62. The molecule has 36 heavy (non-hydrogen) atoms. The molecule has 2 fully saturated rings. The predicted molar refractivity (Wildman–Crippen MR) is 138 cm³/mol. The lowest BCUT2D eigenvalue weighted by molar-refractivity contribution is 0.0692. The molecule has 4 heterocycles. The third-order valence-electron chi connectivity index (χ3n) is 7.20. The van der Waals surface area contributed by atoms with Crippen molar-refractivity contribution in [1.82, 2.24) is 24.3 Å². The molecule has 2 aromatic heterocycles. The molecular formula is C27H32N6O3. The first-order valence-corrected chi connectivity index (χ1v) is 12.5. The van der Waals surface area contributed by atoms with Crippen LogP contribution in [0, 0.1) is 6.92 Å². The molecule has 0 spiro atoms. The summed E-state index contributed by atoms with van der Waals surface area (Å²) in [5.41, 5.74) is 3.95. The number of aryl methyl sites for hydroxylation is 2. The fourth-order valence-electron chi connectivity index (χ4n) is 5.28. The van der Waals surface area contributed by atoms with Gasteiger partial charge in [0.15, 0.2) is 0 Å². The minimum absolute atomic E-state index is 0.0996. The minimum atomic E-state index is -0.981. The van der Waals surface area contributed by atoms with E-state index in [0.717, 1.165) is 50.3 Å². The third-order valence-corrected chi connectivity index (χ3v) is 7.20. The van der Waals surface area contributed by atoms with Crippen LogP contribution in [0.2, 0.25) is 0 Å². The first-order valence-electron chi connectivity index (χ1n) is 12.5. The highest BCUT2D eigenvalue weighted by atomic mass is 16.4. The maximum absolute atomic E-state index is 13.4. The summed E-state index contributed by atoms with van der Waals surface area (Å²) in [6, 6.07) is 9.32. The summed E-state index contributed by atoms with van der Waals surface area (Å²) in [6.07, 6.45) is 7.85. The average molecular weight is 489 g/mol. The molecule has 9 nitrogen and oxygen atoms in total. The summed E-state index contributed by atoms with van der Waals surface area (Å²) < 4.78 is 1.73. The maximum atomic E-state index is 13.4. The third kappa shape index (κ3) is 4.97. The number of nitrogens with one attached hydrogen (secondary N) is 1. The molecule has 3 aromatic rings. The van der Waals surface area contributed by atoms with Crippen LogP contribution in [0.3, 0.4) is 0 Å². The van der Waals surface area contributed by atoms with E-state index in [1.165, 1.54) is 12.8 Å². The smallest absolute Gasteiger partial charge is 0.337 e. The summed E-state index contributed by atoms with van der Waals surface area (Å²) in [7, 11) is 1.78. The summed E-state index contributed by atoms with van der Waals surface area (Å²) in [5, 5.41) is 12.5. The van der Waals surface area contributed by atoms with Gasteiger partial charge in [-0.2, -0.15) is 0 Å². The number of carboxylic acid groups (broad SMARTS) is 1. The zero-order valence-electron chi connectivity index (χ0n) is 20.8. The topological polar surface area (TPSA) is 104 Å². The zero-order chi connectivity index (χ0) is 25.2. The molecule has 2 saturated heterocycles. The Labute approximate surface area is 210 Å². The summed E-state index contributed by atoms with van der Waals surface area (Å²) in [5.74, 6) is -0.480. The van der Waals surface area contributed by atoms with Crippen LogP contribution in [0.25, 0.3) is 11.4 Å². The number of aromatic carboxylic acids is 1. The summed E-state index contributed by atoms with van der Waals surface area (Å²) in [4.78, 5) is 38.1. The molecule has 2 aliphatic rings. The lowest BCUT2D eigenvalue weighted by Gasteiger charge is -2.28. The molecule has 9 heteroatoms. The van der Waals surface area contributed by atoms with Gasteiger partial charge in [-0.1, -0.05) is 0 Å².